The van der Waals surface area contributed by atoms with E-state index in [1.54, 1.807) is 4.90 Å². The highest BCUT2D eigenvalue weighted by atomic mass is 35.5. The number of aromatic nitrogens is 1. The van der Waals surface area contributed by atoms with Crippen LogP contribution in [0.5, 0.6) is 17.2 Å². The summed E-state index contributed by atoms with van der Waals surface area (Å²) in [5.74, 6) is 2.11. The number of hydrogen-bond acceptors (Lipinski definition) is 7. The van der Waals surface area contributed by atoms with Gasteiger partial charge in [0.25, 0.3) is 5.91 Å². The van der Waals surface area contributed by atoms with Crippen molar-refractivity contribution in [2.75, 3.05) is 44.3 Å². The van der Waals surface area contributed by atoms with E-state index in [0.29, 0.717) is 36.2 Å². The zero-order chi connectivity index (χ0) is 23.4. The summed E-state index contributed by atoms with van der Waals surface area (Å²) in [6.07, 6.45) is 0.0821. The Bertz CT molecular complexity index is 1060. The molecule has 0 saturated heterocycles. The van der Waals surface area contributed by atoms with E-state index in [-0.39, 0.29) is 24.4 Å². The van der Waals surface area contributed by atoms with E-state index in [0.717, 1.165) is 41.3 Å². The third kappa shape index (κ3) is 5.92. The molecule has 1 aromatic heterocycles. The van der Waals surface area contributed by atoms with E-state index < -0.39 is 0 Å². The SMILES string of the molecule is CCN(CC)CCN(C(=O)c1ccc(OC(C)C)cc1)c1nc2cc3c(cc2s1)OCCO3.Cl. The summed E-state index contributed by atoms with van der Waals surface area (Å²) in [4.78, 5) is 22.5. The molecule has 9 heteroatoms. The third-order valence-corrected chi connectivity index (χ3v) is 6.57. The van der Waals surface area contributed by atoms with Crippen molar-refractivity contribution >= 4 is 45.0 Å². The Balaban J connectivity index is 0.00000324. The van der Waals surface area contributed by atoms with Gasteiger partial charge in [-0.3, -0.25) is 9.69 Å². The Morgan fingerprint density at radius 3 is 2.32 bits per heavy atom. The summed E-state index contributed by atoms with van der Waals surface area (Å²) in [7, 11) is 0. The first-order valence-electron chi connectivity index (χ1n) is 11.5. The molecule has 0 atom stereocenters. The van der Waals surface area contributed by atoms with Gasteiger partial charge in [-0.25, -0.2) is 4.98 Å². The van der Waals surface area contributed by atoms with E-state index in [1.807, 2.05) is 50.2 Å². The van der Waals surface area contributed by atoms with Gasteiger partial charge in [0.1, 0.15) is 19.0 Å². The van der Waals surface area contributed by atoms with Gasteiger partial charge in [-0.05, 0) is 51.2 Å². The number of carbonyl (C=O) groups excluding carboxylic acids is 1. The summed E-state index contributed by atoms with van der Waals surface area (Å²) < 4.78 is 18.1. The smallest absolute Gasteiger partial charge is 0.260 e. The third-order valence-electron chi connectivity index (χ3n) is 5.52. The van der Waals surface area contributed by atoms with Crippen molar-refractivity contribution in [3.05, 3.63) is 42.0 Å². The molecule has 0 bridgehead atoms. The number of amides is 1. The molecule has 0 fully saturated rings. The zero-order valence-electron chi connectivity index (χ0n) is 20.1. The largest absolute Gasteiger partial charge is 0.491 e. The van der Waals surface area contributed by atoms with Gasteiger partial charge >= 0.3 is 0 Å². The molecule has 0 unspecified atom stereocenters. The maximum Gasteiger partial charge on any atom is 0.260 e. The first-order valence-corrected chi connectivity index (χ1v) is 12.3. The molecule has 1 amide bonds. The summed E-state index contributed by atoms with van der Waals surface area (Å²) in [5.41, 5.74) is 1.41. The van der Waals surface area contributed by atoms with Crippen LogP contribution in [0.2, 0.25) is 0 Å². The number of rotatable bonds is 9. The minimum absolute atomic E-state index is 0. The number of carbonyl (C=O) groups is 1. The van der Waals surface area contributed by atoms with Crippen molar-refractivity contribution < 1.29 is 19.0 Å². The summed E-state index contributed by atoms with van der Waals surface area (Å²) in [5, 5.41) is 0.673. The number of likely N-dealkylation sites (N-methyl/N-ethyl adjacent to an activating group) is 1. The minimum Gasteiger partial charge on any atom is -0.491 e. The number of ether oxygens (including phenoxy) is 3. The average molecular weight is 506 g/mol. The molecule has 2 aromatic carbocycles. The maximum atomic E-state index is 13.6. The first kappa shape index (κ1) is 26.1. The van der Waals surface area contributed by atoms with Gasteiger partial charge < -0.3 is 19.1 Å². The minimum atomic E-state index is -0.0745. The standard InChI is InChI=1S/C25H31N3O4S.ClH/c1-5-27(6-2)11-12-28(24(29)18-7-9-19(10-8-18)32-17(3)4)25-26-20-15-21-22(16-23(20)33-25)31-14-13-30-21;/h7-10,15-17H,5-6,11-14H2,1-4H3;1H. The lowest BCUT2D eigenvalue weighted by molar-refractivity contribution is 0.0983. The van der Waals surface area contributed by atoms with Crippen LogP contribution >= 0.6 is 23.7 Å². The van der Waals surface area contributed by atoms with Crippen LogP contribution in [0.3, 0.4) is 0 Å². The highest BCUT2D eigenvalue weighted by Crippen LogP contribution is 2.39. The van der Waals surface area contributed by atoms with E-state index in [2.05, 4.69) is 18.7 Å². The Morgan fingerprint density at radius 1 is 1.06 bits per heavy atom. The molecule has 1 aliphatic heterocycles. The quantitative estimate of drug-likeness (QED) is 0.395. The fourth-order valence-electron chi connectivity index (χ4n) is 3.74. The van der Waals surface area contributed by atoms with Gasteiger partial charge in [-0.2, -0.15) is 0 Å². The maximum absolute atomic E-state index is 13.6. The summed E-state index contributed by atoms with van der Waals surface area (Å²) in [6, 6.07) is 11.2. The summed E-state index contributed by atoms with van der Waals surface area (Å²) in [6.45, 7) is 12.5. The molecule has 0 aliphatic carbocycles. The van der Waals surface area contributed by atoms with Crippen LogP contribution in [0.15, 0.2) is 36.4 Å². The van der Waals surface area contributed by atoms with Crippen molar-refractivity contribution in [1.29, 1.82) is 0 Å². The Kier molecular flexibility index (Phi) is 8.99. The molecule has 0 radical (unpaired) electrons. The molecular weight excluding hydrogens is 474 g/mol. The number of halogens is 1. The molecule has 3 aromatic rings. The van der Waals surface area contributed by atoms with E-state index in [4.69, 9.17) is 19.2 Å². The molecule has 0 spiro atoms. The zero-order valence-corrected chi connectivity index (χ0v) is 21.7. The highest BCUT2D eigenvalue weighted by molar-refractivity contribution is 7.22. The Hall–Kier alpha value is -2.55. The first-order chi connectivity index (χ1) is 16.0. The van der Waals surface area contributed by atoms with E-state index in [1.165, 1.54) is 11.3 Å². The van der Waals surface area contributed by atoms with E-state index >= 15 is 0 Å². The molecule has 7 nitrogen and oxygen atoms in total. The van der Waals surface area contributed by atoms with Gasteiger partial charge in [0.15, 0.2) is 16.6 Å². The second-order valence-corrected chi connectivity index (χ2v) is 9.14. The molecule has 0 N–H and O–H groups in total. The van der Waals surface area contributed by atoms with Gasteiger partial charge in [0.2, 0.25) is 0 Å². The molecular formula is C25H32ClN3O4S. The fourth-order valence-corrected chi connectivity index (χ4v) is 4.74. The predicted molar refractivity (Wildman–Crippen MR) is 140 cm³/mol. The number of thiazole rings is 1. The molecule has 34 heavy (non-hydrogen) atoms. The van der Waals surface area contributed by atoms with E-state index in [9.17, 15) is 4.79 Å². The van der Waals surface area contributed by atoms with Crippen molar-refractivity contribution in [2.45, 2.75) is 33.8 Å². The van der Waals surface area contributed by atoms with Gasteiger partial charge in [0.05, 0.1) is 16.3 Å². The molecule has 4 rings (SSSR count). The number of hydrogen-bond donors (Lipinski definition) is 0. The van der Waals surface area contributed by atoms with Crippen LogP contribution in [-0.4, -0.2) is 61.3 Å². The van der Waals surface area contributed by atoms with Gasteiger partial charge in [-0.1, -0.05) is 25.2 Å². The normalized spacial score (nSPS) is 12.6. The van der Waals surface area contributed by atoms with Crippen molar-refractivity contribution in [3.8, 4) is 17.2 Å². The monoisotopic (exact) mass is 505 g/mol. The lowest BCUT2D eigenvalue weighted by atomic mass is 10.2. The van der Waals surface area contributed by atoms with Gasteiger partial charge in [-0.15, -0.1) is 12.4 Å². The van der Waals surface area contributed by atoms with Crippen LogP contribution in [-0.2, 0) is 0 Å². The van der Waals surface area contributed by atoms with Crippen LogP contribution in [0, 0.1) is 0 Å². The fraction of sp³-hybridized carbons (Fsp3) is 0.440. The second-order valence-electron chi connectivity index (χ2n) is 8.13. The predicted octanol–water partition coefficient (Wildman–Crippen LogP) is 5.27. The van der Waals surface area contributed by atoms with Crippen molar-refractivity contribution in [2.24, 2.45) is 0 Å². The Morgan fingerprint density at radius 2 is 1.71 bits per heavy atom. The number of benzene rings is 2. The number of fused-ring (bicyclic) bond motifs is 2. The Labute approximate surface area is 211 Å². The highest BCUT2D eigenvalue weighted by Gasteiger charge is 2.23. The van der Waals surface area contributed by atoms with Crippen molar-refractivity contribution in [3.63, 3.8) is 0 Å². The van der Waals surface area contributed by atoms with Crippen LogP contribution in [0.1, 0.15) is 38.1 Å². The lowest BCUT2D eigenvalue weighted by Crippen LogP contribution is -2.38. The number of nitrogens with zero attached hydrogens (tertiary/aromatic N) is 3. The average Bonchev–Trinajstić information content (AvgIpc) is 3.22. The van der Waals surface area contributed by atoms with Gasteiger partial charge in [0, 0.05) is 30.8 Å². The van der Waals surface area contributed by atoms with Crippen LogP contribution in [0.25, 0.3) is 10.2 Å². The lowest BCUT2D eigenvalue weighted by Gasteiger charge is -2.24. The molecule has 184 valence electrons. The topological polar surface area (TPSA) is 64.1 Å². The van der Waals surface area contributed by atoms with Crippen LogP contribution in [0.4, 0.5) is 5.13 Å². The molecule has 1 aliphatic rings. The molecule has 0 saturated carbocycles. The van der Waals surface area contributed by atoms with Crippen molar-refractivity contribution in [1.82, 2.24) is 9.88 Å². The summed E-state index contributed by atoms with van der Waals surface area (Å²) >= 11 is 1.49. The number of anilines is 1. The van der Waals surface area contributed by atoms with Crippen LogP contribution < -0.4 is 19.1 Å². The second kappa shape index (κ2) is 11.7. The molecule has 2 heterocycles.